The van der Waals surface area contributed by atoms with Crippen LogP contribution in [0, 0.1) is 12.3 Å². The highest BCUT2D eigenvalue weighted by atomic mass is 32.2. The van der Waals surface area contributed by atoms with Gasteiger partial charge in [-0.3, -0.25) is 4.68 Å². The van der Waals surface area contributed by atoms with Gasteiger partial charge in [0.1, 0.15) is 0 Å². The molecule has 94 valence electrons. The van der Waals surface area contributed by atoms with E-state index in [4.69, 9.17) is 6.42 Å². The Morgan fingerprint density at radius 3 is 2.88 bits per heavy atom. The van der Waals surface area contributed by atoms with E-state index in [9.17, 15) is 0 Å². The van der Waals surface area contributed by atoms with Gasteiger partial charge in [0.15, 0.2) is 0 Å². The van der Waals surface area contributed by atoms with E-state index in [1.807, 2.05) is 10.9 Å². The molecule has 0 bridgehead atoms. The van der Waals surface area contributed by atoms with Crippen molar-refractivity contribution in [2.75, 3.05) is 18.1 Å². The molecule has 0 atom stereocenters. The van der Waals surface area contributed by atoms with E-state index in [1.165, 1.54) is 5.56 Å². The lowest BCUT2D eigenvalue weighted by atomic mass is 10.1. The molecular weight excluding hydrogens is 230 g/mol. The molecular formula is C13H21N3S. The Morgan fingerprint density at radius 1 is 1.53 bits per heavy atom. The topological polar surface area (TPSA) is 29.9 Å². The monoisotopic (exact) mass is 251 g/mol. The fraction of sp³-hybridized carbons (Fsp3) is 0.615. The quantitative estimate of drug-likeness (QED) is 0.620. The first-order chi connectivity index (χ1) is 8.04. The van der Waals surface area contributed by atoms with Crippen LogP contribution < -0.4 is 5.32 Å². The lowest BCUT2D eigenvalue weighted by Gasteiger charge is -2.18. The van der Waals surface area contributed by atoms with Crippen molar-refractivity contribution in [2.45, 2.75) is 32.9 Å². The minimum absolute atomic E-state index is 0.0564. The maximum atomic E-state index is 5.18. The molecule has 0 amide bonds. The van der Waals surface area contributed by atoms with Crippen LogP contribution in [-0.4, -0.2) is 27.8 Å². The van der Waals surface area contributed by atoms with Gasteiger partial charge in [0.05, 0.1) is 17.5 Å². The van der Waals surface area contributed by atoms with Crippen molar-refractivity contribution >= 4 is 11.8 Å². The van der Waals surface area contributed by atoms with E-state index in [1.54, 1.807) is 11.8 Å². The van der Waals surface area contributed by atoms with Crippen LogP contribution in [0.1, 0.15) is 26.3 Å². The van der Waals surface area contributed by atoms with Gasteiger partial charge in [-0.25, -0.2) is 0 Å². The maximum Gasteiger partial charge on any atom is 0.0545 e. The number of hydrogen-bond acceptors (Lipinski definition) is 3. The second-order valence-corrected chi connectivity index (χ2v) is 6.00. The largest absolute Gasteiger partial charge is 0.312 e. The lowest BCUT2D eigenvalue weighted by molar-refractivity contribution is 0.355. The molecule has 0 aliphatic heterocycles. The fourth-order valence-corrected chi connectivity index (χ4v) is 1.88. The molecule has 0 unspecified atom stereocenters. The number of aromatic nitrogens is 2. The third kappa shape index (κ3) is 5.29. The van der Waals surface area contributed by atoms with Gasteiger partial charge in [0, 0.05) is 30.6 Å². The van der Waals surface area contributed by atoms with E-state index < -0.39 is 0 Å². The summed E-state index contributed by atoms with van der Waals surface area (Å²) in [5.74, 6) is 4.47. The maximum absolute atomic E-state index is 5.18. The van der Waals surface area contributed by atoms with E-state index in [0.717, 1.165) is 24.6 Å². The van der Waals surface area contributed by atoms with Crippen molar-refractivity contribution < 1.29 is 0 Å². The Hall–Kier alpha value is -0.920. The molecule has 4 heteroatoms. The summed E-state index contributed by atoms with van der Waals surface area (Å²) in [6, 6.07) is 0. The SMILES string of the molecule is C#CCSCCNCc1cnn(C(C)(C)C)c1. The summed E-state index contributed by atoms with van der Waals surface area (Å²) in [7, 11) is 0. The molecule has 0 aromatic carbocycles. The summed E-state index contributed by atoms with van der Waals surface area (Å²) in [5, 5.41) is 7.74. The van der Waals surface area contributed by atoms with Gasteiger partial charge >= 0.3 is 0 Å². The first-order valence-electron chi connectivity index (χ1n) is 5.80. The van der Waals surface area contributed by atoms with Gasteiger partial charge in [-0.2, -0.15) is 5.10 Å². The molecule has 0 saturated carbocycles. The van der Waals surface area contributed by atoms with Crippen LogP contribution in [0.15, 0.2) is 12.4 Å². The Balaban J connectivity index is 2.24. The predicted octanol–water partition coefficient (Wildman–Crippen LogP) is 2.09. The smallest absolute Gasteiger partial charge is 0.0545 e. The van der Waals surface area contributed by atoms with Crippen LogP contribution in [0.5, 0.6) is 0 Å². The van der Waals surface area contributed by atoms with Gasteiger partial charge in [-0.05, 0) is 20.8 Å². The molecule has 1 aromatic rings. The van der Waals surface area contributed by atoms with Crippen LogP contribution >= 0.6 is 11.8 Å². The summed E-state index contributed by atoms with van der Waals surface area (Å²) >= 11 is 1.78. The van der Waals surface area contributed by atoms with Crippen LogP contribution in [0.2, 0.25) is 0 Å². The molecule has 0 aliphatic rings. The van der Waals surface area contributed by atoms with Crippen molar-refractivity contribution in [3.63, 3.8) is 0 Å². The first kappa shape index (κ1) is 14.1. The lowest BCUT2D eigenvalue weighted by Crippen LogP contribution is -2.22. The van der Waals surface area contributed by atoms with Crippen molar-refractivity contribution in [3.05, 3.63) is 18.0 Å². The highest BCUT2D eigenvalue weighted by Crippen LogP contribution is 2.12. The Morgan fingerprint density at radius 2 is 2.29 bits per heavy atom. The highest BCUT2D eigenvalue weighted by Gasteiger charge is 2.13. The van der Waals surface area contributed by atoms with E-state index in [-0.39, 0.29) is 5.54 Å². The molecule has 3 nitrogen and oxygen atoms in total. The molecule has 0 fully saturated rings. The standard InChI is InChI=1S/C13H21N3S/c1-5-7-17-8-6-14-9-12-10-15-16(11-12)13(2,3)4/h1,10-11,14H,6-9H2,2-4H3. The van der Waals surface area contributed by atoms with Gasteiger partial charge in [-0.15, -0.1) is 18.2 Å². The molecule has 1 heterocycles. The zero-order valence-corrected chi connectivity index (χ0v) is 11.7. The van der Waals surface area contributed by atoms with Crippen LogP contribution in [-0.2, 0) is 12.1 Å². The summed E-state index contributed by atoms with van der Waals surface area (Å²) in [4.78, 5) is 0. The van der Waals surface area contributed by atoms with Crippen molar-refractivity contribution in [1.29, 1.82) is 0 Å². The summed E-state index contributed by atoms with van der Waals surface area (Å²) in [6.45, 7) is 8.29. The van der Waals surface area contributed by atoms with Crippen molar-refractivity contribution in [2.24, 2.45) is 0 Å². The third-order valence-corrected chi connectivity index (χ3v) is 3.12. The number of terminal acetylenes is 1. The molecule has 0 radical (unpaired) electrons. The average molecular weight is 251 g/mol. The Kier molecular flexibility index (Phi) is 5.60. The average Bonchev–Trinajstić information content (AvgIpc) is 2.71. The number of thioether (sulfide) groups is 1. The zero-order chi connectivity index (χ0) is 12.7. The number of rotatable bonds is 6. The molecule has 1 rings (SSSR count). The third-order valence-electron chi connectivity index (χ3n) is 2.26. The fourth-order valence-electron chi connectivity index (χ4n) is 1.33. The molecule has 0 spiro atoms. The number of hydrogen-bond donors (Lipinski definition) is 1. The van der Waals surface area contributed by atoms with Crippen molar-refractivity contribution in [1.82, 2.24) is 15.1 Å². The number of nitrogens with zero attached hydrogens (tertiary/aromatic N) is 2. The molecule has 0 saturated heterocycles. The predicted molar refractivity (Wildman–Crippen MR) is 75.1 cm³/mol. The molecule has 0 aliphatic carbocycles. The van der Waals surface area contributed by atoms with Gasteiger partial charge in [0.25, 0.3) is 0 Å². The molecule has 1 aromatic heterocycles. The van der Waals surface area contributed by atoms with E-state index in [0.29, 0.717) is 0 Å². The van der Waals surface area contributed by atoms with Gasteiger partial charge in [0.2, 0.25) is 0 Å². The Bertz CT molecular complexity index is 371. The Labute approximate surface area is 108 Å². The van der Waals surface area contributed by atoms with Crippen LogP contribution in [0.4, 0.5) is 0 Å². The van der Waals surface area contributed by atoms with Crippen molar-refractivity contribution in [3.8, 4) is 12.3 Å². The minimum atomic E-state index is 0.0564. The minimum Gasteiger partial charge on any atom is -0.312 e. The molecule has 1 N–H and O–H groups in total. The van der Waals surface area contributed by atoms with E-state index >= 15 is 0 Å². The van der Waals surface area contributed by atoms with Gasteiger partial charge in [-0.1, -0.05) is 5.92 Å². The number of nitrogens with one attached hydrogen (secondary N) is 1. The van der Waals surface area contributed by atoms with Gasteiger partial charge < -0.3 is 5.32 Å². The normalized spacial score (nSPS) is 11.4. The summed E-state index contributed by atoms with van der Waals surface area (Å²) in [5.41, 5.74) is 1.28. The van der Waals surface area contributed by atoms with E-state index in [2.05, 4.69) is 43.3 Å². The summed E-state index contributed by atoms with van der Waals surface area (Å²) in [6.07, 6.45) is 9.20. The summed E-state index contributed by atoms with van der Waals surface area (Å²) < 4.78 is 2.00. The molecule has 17 heavy (non-hydrogen) atoms. The highest BCUT2D eigenvalue weighted by molar-refractivity contribution is 7.99. The van der Waals surface area contributed by atoms with Crippen LogP contribution in [0.3, 0.4) is 0 Å². The zero-order valence-electron chi connectivity index (χ0n) is 10.9. The second-order valence-electron chi connectivity index (χ2n) is 4.90. The second kappa shape index (κ2) is 6.73. The first-order valence-corrected chi connectivity index (χ1v) is 6.95. The van der Waals surface area contributed by atoms with Crippen LogP contribution in [0.25, 0.3) is 0 Å².